The molecule has 39 heavy (non-hydrogen) atoms. The van der Waals surface area contributed by atoms with Crippen molar-refractivity contribution in [3.63, 3.8) is 0 Å². The summed E-state index contributed by atoms with van der Waals surface area (Å²) in [7, 11) is 4.19. The molecule has 0 amide bonds. The summed E-state index contributed by atoms with van der Waals surface area (Å²) in [5, 5.41) is 11.1. The van der Waals surface area contributed by atoms with Crippen molar-refractivity contribution in [2.45, 2.75) is 29.9 Å². The summed E-state index contributed by atoms with van der Waals surface area (Å²) >= 11 is 8.60. The van der Waals surface area contributed by atoms with E-state index in [9.17, 15) is 10.1 Å². The predicted molar refractivity (Wildman–Crippen MR) is 152 cm³/mol. The Morgan fingerprint density at radius 3 is 2.67 bits per heavy atom. The van der Waals surface area contributed by atoms with Crippen molar-refractivity contribution >= 4 is 40.7 Å². The second-order valence-electron chi connectivity index (χ2n) is 9.70. The number of imidazole rings is 1. The van der Waals surface area contributed by atoms with Crippen molar-refractivity contribution in [1.82, 2.24) is 19.4 Å². The molecule has 1 aliphatic rings. The quantitative estimate of drug-likeness (QED) is 0.224. The normalized spacial score (nSPS) is 13.4. The number of carbonyl (C=O) groups is 1. The molecule has 0 saturated heterocycles. The van der Waals surface area contributed by atoms with E-state index < -0.39 is 0 Å². The molecular formula is C30H24ClN5O2S. The van der Waals surface area contributed by atoms with Crippen LogP contribution in [0.1, 0.15) is 32.9 Å². The number of benzene rings is 3. The monoisotopic (exact) mass is 553 g/mol. The van der Waals surface area contributed by atoms with Crippen molar-refractivity contribution in [3.8, 4) is 28.7 Å². The van der Waals surface area contributed by atoms with Gasteiger partial charge in [-0.1, -0.05) is 47.6 Å². The van der Waals surface area contributed by atoms with Crippen LogP contribution in [-0.4, -0.2) is 39.3 Å². The molecule has 0 fully saturated rings. The number of aromatic nitrogens is 3. The highest BCUT2D eigenvalue weighted by molar-refractivity contribution is 7.99. The number of nitrogens with zero attached hydrogens (tertiary/aromatic N) is 5. The van der Waals surface area contributed by atoms with Gasteiger partial charge in [-0.05, 0) is 49.4 Å². The molecule has 0 aliphatic carbocycles. The summed E-state index contributed by atoms with van der Waals surface area (Å²) in [5.74, 6) is 0.383. The fraction of sp³-hybridized carbons (Fsp3) is 0.200. The molecule has 9 heteroatoms. The predicted octanol–water partition coefficient (Wildman–Crippen LogP) is 6.68. The number of hydrogen-bond donors (Lipinski definition) is 0. The van der Waals surface area contributed by atoms with Gasteiger partial charge in [0.25, 0.3) is 0 Å². The zero-order valence-corrected chi connectivity index (χ0v) is 23.2. The third kappa shape index (κ3) is 4.43. The molecule has 2 aromatic heterocycles. The standard InChI is InChI=1S/C30H24ClN5O2S/c1-17-20(6-4-7-21(17)29-33-23-13-18(16-37)12-19(14-32)28(23)38-29)22-8-5-9-26(27(22)31)39-30-34-24-15-35(2)11-10-25(24)36(30)3/h4-9,12-13,16H,10-11,15H2,1-3H3. The molecule has 0 radical (unpaired) electrons. The molecule has 0 atom stereocenters. The molecule has 5 aromatic rings. The lowest BCUT2D eigenvalue weighted by Gasteiger charge is -2.21. The topological polar surface area (TPSA) is 88.0 Å². The minimum Gasteiger partial charge on any atom is -0.435 e. The van der Waals surface area contributed by atoms with E-state index >= 15 is 0 Å². The number of fused-ring (bicyclic) bond motifs is 2. The van der Waals surface area contributed by atoms with Gasteiger partial charge in [-0.25, -0.2) is 9.97 Å². The Morgan fingerprint density at radius 2 is 1.87 bits per heavy atom. The van der Waals surface area contributed by atoms with Gasteiger partial charge in [0.2, 0.25) is 5.89 Å². The maximum Gasteiger partial charge on any atom is 0.227 e. The first-order chi connectivity index (χ1) is 18.9. The Balaban J connectivity index is 1.39. The van der Waals surface area contributed by atoms with Gasteiger partial charge in [-0.15, -0.1) is 0 Å². The summed E-state index contributed by atoms with van der Waals surface area (Å²) in [4.78, 5) is 24.1. The maximum atomic E-state index is 11.3. The van der Waals surface area contributed by atoms with Crippen LogP contribution in [0, 0.1) is 18.3 Å². The zero-order chi connectivity index (χ0) is 27.3. The van der Waals surface area contributed by atoms with Gasteiger partial charge in [0, 0.05) is 53.8 Å². The maximum absolute atomic E-state index is 11.3. The van der Waals surface area contributed by atoms with Crippen LogP contribution in [0.2, 0.25) is 5.02 Å². The van der Waals surface area contributed by atoms with Gasteiger partial charge in [-0.2, -0.15) is 5.26 Å². The number of halogens is 1. The molecule has 6 rings (SSSR count). The summed E-state index contributed by atoms with van der Waals surface area (Å²) in [5.41, 5.74) is 7.48. The smallest absolute Gasteiger partial charge is 0.227 e. The van der Waals surface area contributed by atoms with E-state index in [1.54, 1.807) is 17.8 Å². The first-order valence-corrected chi connectivity index (χ1v) is 13.7. The highest BCUT2D eigenvalue weighted by Crippen LogP contribution is 2.42. The average Bonchev–Trinajstić information content (AvgIpc) is 3.50. The minimum atomic E-state index is 0.275. The summed E-state index contributed by atoms with van der Waals surface area (Å²) in [6, 6.07) is 17.2. The number of aldehydes is 1. The Morgan fingerprint density at radius 1 is 1.10 bits per heavy atom. The van der Waals surface area contributed by atoms with Gasteiger partial charge in [0.15, 0.2) is 10.7 Å². The fourth-order valence-electron chi connectivity index (χ4n) is 5.10. The van der Waals surface area contributed by atoms with Gasteiger partial charge in [-0.3, -0.25) is 4.79 Å². The van der Waals surface area contributed by atoms with E-state index in [4.69, 9.17) is 21.0 Å². The second kappa shape index (κ2) is 10.0. The second-order valence-corrected chi connectivity index (χ2v) is 11.1. The van der Waals surface area contributed by atoms with E-state index in [-0.39, 0.29) is 5.56 Å². The van der Waals surface area contributed by atoms with E-state index in [1.807, 2.05) is 43.3 Å². The van der Waals surface area contributed by atoms with Crippen LogP contribution >= 0.6 is 23.4 Å². The van der Waals surface area contributed by atoms with E-state index in [1.165, 1.54) is 11.8 Å². The molecule has 3 aromatic carbocycles. The lowest BCUT2D eigenvalue weighted by Crippen LogP contribution is -2.27. The summed E-state index contributed by atoms with van der Waals surface area (Å²) in [6.45, 7) is 3.88. The molecule has 3 heterocycles. The van der Waals surface area contributed by atoms with Crippen LogP contribution in [0.15, 0.2) is 63.0 Å². The molecule has 7 nitrogen and oxygen atoms in total. The Kier molecular flexibility index (Phi) is 6.51. The summed E-state index contributed by atoms with van der Waals surface area (Å²) in [6.07, 6.45) is 1.68. The highest BCUT2D eigenvalue weighted by Gasteiger charge is 2.23. The molecule has 0 unspecified atom stereocenters. The SMILES string of the molecule is Cc1c(-c2nc3cc(C=O)cc(C#N)c3o2)cccc1-c1cccc(Sc2nc3c(n2C)CCN(C)C3)c1Cl. The Hall–Kier alpha value is -3.90. The van der Waals surface area contributed by atoms with Gasteiger partial charge in [0.05, 0.1) is 16.3 Å². The first kappa shape index (κ1) is 25.4. The number of carbonyl (C=O) groups excluding carboxylic acids is 1. The van der Waals surface area contributed by atoms with Crippen LogP contribution in [0.5, 0.6) is 0 Å². The van der Waals surface area contributed by atoms with E-state index in [2.05, 4.69) is 34.6 Å². The Labute approximate surface area is 235 Å². The van der Waals surface area contributed by atoms with Crippen LogP contribution in [0.3, 0.4) is 0 Å². The molecule has 0 saturated carbocycles. The molecule has 0 spiro atoms. The average molecular weight is 554 g/mol. The molecule has 194 valence electrons. The van der Waals surface area contributed by atoms with Crippen molar-refractivity contribution in [3.05, 3.63) is 81.6 Å². The highest BCUT2D eigenvalue weighted by atomic mass is 35.5. The number of likely N-dealkylation sites (N-methyl/N-ethyl adjacent to an activating group) is 1. The van der Waals surface area contributed by atoms with Crippen molar-refractivity contribution in [2.24, 2.45) is 7.05 Å². The minimum absolute atomic E-state index is 0.275. The Bertz CT molecular complexity index is 1820. The number of hydrogen-bond acceptors (Lipinski definition) is 7. The lowest BCUT2D eigenvalue weighted by molar-refractivity contribution is 0.112. The van der Waals surface area contributed by atoms with Gasteiger partial charge in [0.1, 0.15) is 17.9 Å². The number of oxazole rings is 1. The number of nitriles is 1. The number of rotatable bonds is 5. The fourth-order valence-corrected chi connectivity index (χ4v) is 6.39. The molecule has 1 aliphatic heterocycles. The van der Waals surface area contributed by atoms with Crippen molar-refractivity contribution < 1.29 is 9.21 Å². The lowest BCUT2D eigenvalue weighted by atomic mass is 9.96. The van der Waals surface area contributed by atoms with E-state index in [0.29, 0.717) is 33.9 Å². The molecular weight excluding hydrogens is 530 g/mol. The summed E-state index contributed by atoms with van der Waals surface area (Å²) < 4.78 is 8.22. The third-order valence-corrected chi connectivity index (χ3v) is 8.82. The van der Waals surface area contributed by atoms with Crippen LogP contribution in [0.4, 0.5) is 0 Å². The van der Waals surface area contributed by atoms with Gasteiger partial charge < -0.3 is 13.9 Å². The molecule has 0 bridgehead atoms. The van der Waals surface area contributed by atoms with Crippen molar-refractivity contribution in [1.29, 1.82) is 5.26 Å². The van der Waals surface area contributed by atoms with Crippen LogP contribution in [-0.2, 0) is 20.0 Å². The third-order valence-electron chi connectivity index (χ3n) is 7.19. The van der Waals surface area contributed by atoms with E-state index in [0.717, 1.165) is 57.5 Å². The molecule has 0 N–H and O–H groups in total. The zero-order valence-electron chi connectivity index (χ0n) is 21.7. The van der Waals surface area contributed by atoms with Gasteiger partial charge >= 0.3 is 0 Å². The van der Waals surface area contributed by atoms with Crippen LogP contribution < -0.4 is 0 Å². The van der Waals surface area contributed by atoms with Crippen molar-refractivity contribution in [2.75, 3.05) is 13.6 Å². The van der Waals surface area contributed by atoms with Crippen LogP contribution in [0.25, 0.3) is 33.7 Å². The largest absolute Gasteiger partial charge is 0.435 e. The first-order valence-electron chi connectivity index (χ1n) is 12.5.